The van der Waals surface area contributed by atoms with Gasteiger partial charge in [0.05, 0.1) is 12.2 Å². The maximum absolute atomic E-state index is 13.5. The van der Waals surface area contributed by atoms with Gasteiger partial charge in [-0.2, -0.15) is 0 Å². The Morgan fingerprint density at radius 2 is 2.29 bits per heavy atom. The van der Waals surface area contributed by atoms with E-state index in [1.54, 1.807) is 6.07 Å². The van der Waals surface area contributed by atoms with Gasteiger partial charge in [0.25, 0.3) is 0 Å². The lowest BCUT2D eigenvalue weighted by Gasteiger charge is -2.28. The van der Waals surface area contributed by atoms with Gasteiger partial charge >= 0.3 is 0 Å². The summed E-state index contributed by atoms with van der Waals surface area (Å²) in [6, 6.07) is 3.55. The van der Waals surface area contributed by atoms with Crippen LogP contribution in [0.2, 0.25) is 0 Å². The van der Waals surface area contributed by atoms with Crippen LogP contribution in [0.4, 0.5) is 10.1 Å². The summed E-state index contributed by atoms with van der Waals surface area (Å²) in [5, 5.41) is 0. The molecule has 2 nitrogen and oxygen atoms in total. The fraction of sp³-hybridized carbons (Fsp3) is 0.455. The number of fused-ring (bicyclic) bond motifs is 1. The molecular formula is C11H14FNO. The first-order valence-corrected chi connectivity index (χ1v) is 4.88. The summed E-state index contributed by atoms with van der Waals surface area (Å²) in [5.74, 6) is 0.154. The van der Waals surface area contributed by atoms with Crippen LogP contribution < -0.4 is 9.64 Å². The van der Waals surface area contributed by atoms with E-state index in [4.69, 9.17) is 4.74 Å². The number of anilines is 1. The molecule has 1 aromatic carbocycles. The Labute approximate surface area is 83.3 Å². The lowest BCUT2D eigenvalue weighted by molar-refractivity contribution is 0.295. The van der Waals surface area contributed by atoms with Crippen molar-refractivity contribution in [2.24, 2.45) is 0 Å². The molecule has 0 fully saturated rings. The predicted molar refractivity (Wildman–Crippen MR) is 54.5 cm³/mol. The molecule has 1 aliphatic heterocycles. The fourth-order valence-electron chi connectivity index (χ4n) is 1.67. The molecule has 0 aliphatic carbocycles. The highest BCUT2D eigenvalue weighted by atomic mass is 19.1. The highest BCUT2D eigenvalue weighted by Crippen LogP contribution is 2.34. The van der Waals surface area contributed by atoms with Gasteiger partial charge in [0.2, 0.25) is 0 Å². The number of likely N-dealkylation sites (N-methyl/N-ethyl adjacent to an activating group) is 1. The van der Waals surface area contributed by atoms with Gasteiger partial charge in [0.15, 0.2) is 11.6 Å². The zero-order valence-electron chi connectivity index (χ0n) is 8.51. The molecule has 0 aromatic heterocycles. The molecule has 0 bridgehead atoms. The van der Waals surface area contributed by atoms with Gasteiger partial charge in [-0.1, -0.05) is 6.92 Å². The van der Waals surface area contributed by atoms with Crippen molar-refractivity contribution < 1.29 is 9.13 Å². The van der Waals surface area contributed by atoms with Gasteiger partial charge < -0.3 is 9.64 Å². The van der Waals surface area contributed by atoms with Crippen LogP contribution >= 0.6 is 0 Å². The van der Waals surface area contributed by atoms with E-state index < -0.39 is 0 Å². The van der Waals surface area contributed by atoms with Crippen LogP contribution in [0.3, 0.4) is 0 Å². The largest absolute Gasteiger partial charge is 0.486 e. The first kappa shape index (κ1) is 9.31. The first-order chi connectivity index (χ1) is 6.72. The molecule has 76 valence electrons. The smallest absolute Gasteiger partial charge is 0.178 e. The second-order valence-electron chi connectivity index (χ2n) is 3.55. The minimum absolute atomic E-state index is 0.245. The van der Waals surface area contributed by atoms with Gasteiger partial charge in [-0.05, 0) is 24.1 Å². The number of halogens is 1. The third kappa shape index (κ3) is 1.43. The van der Waals surface area contributed by atoms with Crippen molar-refractivity contribution in [1.82, 2.24) is 0 Å². The number of ether oxygens (including phenoxy) is 1. The zero-order chi connectivity index (χ0) is 10.1. The molecule has 0 spiro atoms. The number of nitrogens with zero attached hydrogens (tertiary/aromatic N) is 1. The standard InChI is InChI=1S/C11H14FNO/c1-3-8-6-9(12)11-10(7-8)13(2)4-5-14-11/h6-7H,3-5H2,1-2H3. The number of aryl methyl sites for hydroxylation is 1. The second-order valence-corrected chi connectivity index (χ2v) is 3.55. The molecule has 0 amide bonds. The van der Waals surface area contributed by atoms with Crippen molar-refractivity contribution in [3.63, 3.8) is 0 Å². The van der Waals surface area contributed by atoms with Crippen LogP contribution in [0.1, 0.15) is 12.5 Å². The molecule has 1 heterocycles. The normalized spacial score (nSPS) is 14.9. The predicted octanol–water partition coefficient (Wildman–Crippen LogP) is 2.22. The highest BCUT2D eigenvalue weighted by Gasteiger charge is 2.19. The van der Waals surface area contributed by atoms with E-state index in [-0.39, 0.29) is 5.82 Å². The summed E-state index contributed by atoms with van der Waals surface area (Å²) >= 11 is 0. The Kier molecular flexibility index (Phi) is 2.32. The third-order valence-corrected chi connectivity index (χ3v) is 2.58. The van der Waals surface area contributed by atoms with Crippen molar-refractivity contribution >= 4 is 5.69 Å². The van der Waals surface area contributed by atoms with Crippen LogP contribution in [-0.2, 0) is 6.42 Å². The van der Waals surface area contributed by atoms with Gasteiger partial charge in [0, 0.05) is 7.05 Å². The van der Waals surface area contributed by atoms with Gasteiger partial charge in [-0.15, -0.1) is 0 Å². The van der Waals surface area contributed by atoms with Gasteiger partial charge in [-0.25, -0.2) is 4.39 Å². The molecule has 1 aliphatic rings. The Hall–Kier alpha value is -1.25. The van der Waals surface area contributed by atoms with E-state index in [0.717, 1.165) is 24.2 Å². The molecule has 1 aromatic rings. The summed E-state index contributed by atoms with van der Waals surface area (Å²) in [6.45, 7) is 3.40. The molecule has 0 saturated heterocycles. The number of rotatable bonds is 1. The van der Waals surface area contributed by atoms with Crippen LogP contribution in [0, 0.1) is 5.82 Å². The Bertz CT molecular complexity index is 351. The fourth-order valence-corrected chi connectivity index (χ4v) is 1.67. The average molecular weight is 195 g/mol. The molecule has 14 heavy (non-hydrogen) atoms. The number of hydrogen-bond donors (Lipinski definition) is 0. The topological polar surface area (TPSA) is 12.5 Å². The van der Waals surface area contributed by atoms with E-state index in [0.29, 0.717) is 12.4 Å². The Balaban J connectivity index is 2.51. The monoisotopic (exact) mass is 195 g/mol. The highest BCUT2D eigenvalue weighted by molar-refractivity contribution is 5.61. The zero-order valence-corrected chi connectivity index (χ0v) is 8.51. The molecule has 0 radical (unpaired) electrons. The van der Waals surface area contributed by atoms with E-state index in [9.17, 15) is 4.39 Å². The minimum Gasteiger partial charge on any atom is -0.486 e. The first-order valence-electron chi connectivity index (χ1n) is 4.88. The summed E-state index contributed by atoms with van der Waals surface area (Å²) in [5.41, 5.74) is 1.88. The molecule has 0 atom stereocenters. The number of benzene rings is 1. The molecule has 0 N–H and O–H groups in total. The molecule has 0 saturated carbocycles. The lowest BCUT2D eigenvalue weighted by Crippen LogP contribution is -2.29. The summed E-state index contributed by atoms with van der Waals surface area (Å²) in [6.07, 6.45) is 0.845. The van der Waals surface area contributed by atoms with Crippen molar-refractivity contribution in [1.29, 1.82) is 0 Å². The lowest BCUT2D eigenvalue weighted by atomic mass is 10.1. The van der Waals surface area contributed by atoms with Crippen LogP contribution in [-0.4, -0.2) is 20.2 Å². The quantitative estimate of drug-likeness (QED) is 0.681. The Morgan fingerprint density at radius 1 is 1.50 bits per heavy atom. The Morgan fingerprint density at radius 3 is 3.00 bits per heavy atom. The summed E-state index contributed by atoms with van der Waals surface area (Å²) < 4.78 is 18.8. The van der Waals surface area contributed by atoms with Gasteiger partial charge in [0.1, 0.15) is 6.61 Å². The summed E-state index contributed by atoms with van der Waals surface area (Å²) in [7, 11) is 1.96. The third-order valence-electron chi connectivity index (χ3n) is 2.58. The minimum atomic E-state index is -0.245. The molecular weight excluding hydrogens is 181 g/mol. The molecule has 2 rings (SSSR count). The van der Waals surface area contributed by atoms with Crippen LogP contribution in [0.25, 0.3) is 0 Å². The van der Waals surface area contributed by atoms with E-state index in [1.807, 2.05) is 24.9 Å². The van der Waals surface area contributed by atoms with Crippen molar-refractivity contribution in [3.8, 4) is 5.75 Å². The maximum Gasteiger partial charge on any atom is 0.178 e. The average Bonchev–Trinajstić information content (AvgIpc) is 2.19. The van der Waals surface area contributed by atoms with E-state index in [1.165, 1.54) is 0 Å². The van der Waals surface area contributed by atoms with Crippen molar-refractivity contribution in [2.45, 2.75) is 13.3 Å². The van der Waals surface area contributed by atoms with Crippen molar-refractivity contribution in [3.05, 3.63) is 23.5 Å². The maximum atomic E-state index is 13.5. The number of hydrogen-bond acceptors (Lipinski definition) is 2. The second kappa shape index (κ2) is 3.48. The van der Waals surface area contributed by atoms with Crippen molar-refractivity contribution in [2.75, 3.05) is 25.1 Å². The van der Waals surface area contributed by atoms with Gasteiger partial charge in [-0.3, -0.25) is 0 Å². The van der Waals surface area contributed by atoms with Crippen LogP contribution in [0.5, 0.6) is 5.75 Å². The summed E-state index contributed by atoms with van der Waals surface area (Å²) in [4.78, 5) is 2.03. The molecule has 0 unspecified atom stereocenters. The van der Waals surface area contributed by atoms with E-state index in [2.05, 4.69) is 0 Å². The van der Waals surface area contributed by atoms with Crippen LogP contribution in [0.15, 0.2) is 12.1 Å². The molecule has 3 heteroatoms. The van der Waals surface area contributed by atoms with E-state index >= 15 is 0 Å². The SMILES string of the molecule is CCc1cc(F)c2c(c1)N(C)CCO2.